The van der Waals surface area contributed by atoms with Gasteiger partial charge in [0.25, 0.3) is 5.92 Å². The molecule has 2 aromatic carbocycles. The van der Waals surface area contributed by atoms with Crippen LogP contribution in [0.25, 0.3) is 6.08 Å². The monoisotopic (exact) mass is 626 g/mol. The van der Waals surface area contributed by atoms with Crippen molar-refractivity contribution in [2.75, 3.05) is 32.9 Å². The molecule has 0 aliphatic carbocycles. The van der Waals surface area contributed by atoms with Gasteiger partial charge in [0.2, 0.25) is 0 Å². The smallest absolute Gasteiger partial charge is 0.376 e. The number of halogens is 8. The lowest BCUT2D eigenvalue weighted by molar-refractivity contribution is -0.0500. The minimum atomic E-state index is -5.98. The van der Waals surface area contributed by atoms with Crippen molar-refractivity contribution in [1.29, 1.82) is 0 Å². The molecule has 1 fully saturated rings. The molecule has 0 saturated carbocycles. The van der Waals surface area contributed by atoms with Crippen LogP contribution in [0.1, 0.15) is 55.0 Å². The van der Waals surface area contributed by atoms with Gasteiger partial charge in [0.1, 0.15) is 17.4 Å². The highest BCUT2D eigenvalue weighted by molar-refractivity contribution is 7.88. The Morgan fingerprint density at radius 2 is 1.74 bits per heavy atom. The quantitative estimate of drug-likeness (QED) is 0.178. The minimum absolute atomic E-state index is 0.0303. The van der Waals surface area contributed by atoms with Crippen LogP contribution in [0.4, 0.5) is 35.1 Å². The molecule has 2 atom stereocenters. The van der Waals surface area contributed by atoms with Crippen LogP contribution in [-0.2, 0) is 16.5 Å². The first-order chi connectivity index (χ1) is 19.5. The Labute approximate surface area is 238 Å². The number of hydrogen-bond donors (Lipinski definition) is 0. The Balaban J connectivity index is 1.73. The maximum absolute atomic E-state index is 15.7. The van der Waals surface area contributed by atoms with Crippen LogP contribution in [0, 0.1) is 11.6 Å². The second kappa shape index (κ2) is 12.1. The Hall–Kier alpha value is -2.71. The first-order valence-electron chi connectivity index (χ1n) is 13.2. The molecule has 42 heavy (non-hydrogen) atoms. The van der Waals surface area contributed by atoms with Crippen molar-refractivity contribution in [3.63, 3.8) is 0 Å². The fourth-order valence-electron chi connectivity index (χ4n) is 5.53. The third-order valence-electron chi connectivity index (χ3n) is 7.30. The zero-order valence-corrected chi connectivity index (χ0v) is 23.6. The average molecular weight is 627 g/mol. The predicted molar refractivity (Wildman–Crippen MR) is 140 cm³/mol. The van der Waals surface area contributed by atoms with Crippen molar-refractivity contribution >= 4 is 16.2 Å². The number of fused-ring (bicyclic) bond motifs is 1. The summed E-state index contributed by atoms with van der Waals surface area (Å²) in [5.74, 6) is -5.96. The van der Waals surface area contributed by atoms with Crippen LogP contribution < -0.4 is 4.18 Å². The molecule has 0 N–H and O–H groups in total. The van der Waals surface area contributed by atoms with E-state index >= 15 is 8.78 Å². The van der Waals surface area contributed by atoms with Crippen molar-refractivity contribution in [3.05, 3.63) is 69.8 Å². The fraction of sp³-hybridized carbons (Fsp3) is 0.500. The molecule has 2 aromatic rings. The average Bonchev–Trinajstić information content (AvgIpc) is 3.29. The number of rotatable bonds is 9. The Morgan fingerprint density at radius 1 is 1.07 bits per heavy atom. The first kappa shape index (κ1) is 32.2. The van der Waals surface area contributed by atoms with Gasteiger partial charge in [-0.2, -0.15) is 21.6 Å². The molecule has 14 heteroatoms. The van der Waals surface area contributed by atoms with Gasteiger partial charge >= 0.3 is 15.6 Å². The van der Waals surface area contributed by atoms with Crippen LogP contribution in [-0.4, -0.2) is 68.5 Å². The highest BCUT2D eigenvalue weighted by Gasteiger charge is 2.49. The van der Waals surface area contributed by atoms with Crippen molar-refractivity contribution < 1.29 is 47.7 Å². The van der Waals surface area contributed by atoms with E-state index in [1.807, 2.05) is 4.90 Å². The minimum Gasteiger partial charge on any atom is -0.376 e. The molecule has 2 heterocycles. The Morgan fingerprint density at radius 3 is 2.33 bits per heavy atom. The zero-order chi connectivity index (χ0) is 31.0. The SMILES string of the molecule is CC1Cc2cc(OS(=O)(=O)C(F)(F)F)ccc2C(c2c(F)cc(/C=C3/CCN(CCCF)C3)cc2F)N1CC(C)(F)F. The normalized spacial score (nSPS) is 21.6. The van der Waals surface area contributed by atoms with E-state index in [-0.39, 0.29) is 23.1 Å². The summed E-state index contributed by atoms with van der Waals surface area (Å²) in [5.41, 5.74) is -4.78. The van der Waals surface area contributed by atoms with E-state index in [2.05, 4.69) is 4.18 Å². The van der Waals surface area contributed by atoms with Crippen LogP contribution in [0.3, 0.4) is 0 Å². The lowest BCUT2D eigenvalue weighted by Crippen LogP contribution is -2.48. The second-order valence-corrected chi connectivity index (χ2v) is 12.3. The summed E-state index contributed by atoms with van der Waals surface area (Å²) < 4.78 is 138. The van der Waals surface area contributed by atoms with E-state index in [0.717, 1.165) is 35.9 Å². The van der Waals surface area contributed by atoms with E-state index in [1.54, 1.807) is 6.08 Å². The second-order valence-electron chi connectivity index (χ2n) is 10.8. The van der Waals surface area contributed by atoms with Crippen molar-refractivity contribution in [2.45, 2.75) is 56.6 Å². The predicted octanol–water partition coefficient (Wildman–Crippen LogP) is 6.63. The summed E-state index contributed by atoms with van der Waals surface area (Å²) in [7, 11) is -5.98. The molecule has 0 bridgehead atoms. The molecule has 0 spiro atoms. The highest BCUT2D eigenvalue weighted by Crippen LogP contribution is 2.43. The van der Waals surface area contributed by atoms with Gasteiger partial charge in [-0.3, -0.25) is 14.2 Å². The molecule has 1 saturated heterocycles. The van der Waals surface area contributed by atoms with E-state index < -0.39 is 69.8 Å². The third-order valence-corrected chi connectivity index (χ3v) is 8.28. The van der Waals surface area contributed by atoms with E-state index in [9.17, 15) is 34.8 Å². The number of benzene rings is 2. The molecular weight excluding hydrogens is 596 g/mol. The van der Waals surface area contributed by atoms with Gasteiger partial charge < -0.3 is 4.18 Å². The lowest BCUT2D eigenvalue weighted by atomic mass is 9.84. The first-order valence-corrected chi connectivity index (χ1v) is 14.6. The van der Waals surface area contributed by atoms with Crippen molar-refractivity contribution in [3.8, 4) is 5.75 Å². The summed E-state index contributed by atoms with van der Waals surface area (Å²) in [6.07, 6.45) is 2.62. The molecule has 0 aromatic heterocycles. The van der Waals surface area contributed by atoms with Gasteiger partial charge in [-0.25, -0.2) is 17.6 Å². The van der Waals surface area contributed by atoms with Gasteiger partial charge in [-0.15, -0.1) is 0 Å². The van der Waals surface area contributed by atoms with Crippen LogP contribution in [0.5, 0.6) is 5.75 Å². The van der Waals surface area contributed by atoms with Crippen LogP contribution in [0.15, 0.2) is 35.9 Å². The maximum Gasteiger partial charge on any atom is 0.534 e. The van der Waals surface area contributed by atoms with Crippen molar-refractivity contribution in [1.82, 2.24) is 9.80 Å². The summed E-state index contributed by atoms with van der Waals surface area (Å²) in [6, 6.07) is 3.04. The summed E-state index contributed by atoms with van der Waals surface area (Å²) in [4.78, 5) is 3.24. The molecule has 0 radical (unpaired) electrons. The Kier molecular flexibility index (Phi) is 9.29. The number of alkyl halides is 6. The summed E-state index contributed by atoms with van der Waals surface area (Å²) >= 11 is 0. The van der Waals surface area contributed by atoms with Gasteiger partial charge in [0, 0.05) is 38.2 Å². The van der Waals surface area contributed by atoms with E-state index in [0.29, 0.717) is 39.4 Å². The molecule has 0 amide bonds. The van der Waals surface area contributed by atoms with Crippen LogP contribution in [0.2, 0.25) is 0 Å². The van der Waals surface area contributed by atoms with Gasteiger partial charge in [-0.1, -0.05) is 17.7 Å². The molecule has 2 unspecified atom stereocenters. The molecular formula is C28H30F8N2O3S. The molecule has 4 rings (SSSR count). The Bertz CT molecular complexity index is 1420. The standard InChI is InChI=1S/C28H30F8N2O3S/c1-17-10-20-14-21(41-42(39,40)28(34,35)36)4-5-22(20)26(38(17)16-27(2,32)33)25-23(30)12-19(13-24(25)31)11-18-6-9-37(15-18)8-3-7-29/h4-5,11-14,17,26H,3,6-10,15-16H2,1-2H3/b18-11-. The highest BCUT2D eigenvalue weighted by atomic mass is 32.2. The van der Waals surface area contributed by atoms with Gasteiger partial charge in [0.05, 0.1) is 19.3 Å². The largest absolute Gasteiger partial charge is 0.534 e. The number of likely N-dealkylation sites (tertiary alicyclic amines) is 1. The van der Waals surface area contributed by atoms with E-state index in [4.69, 9.17) is 0 Å². The van der Waals surface area contributed by atoms with Crippen LogP contribution >= 0.6 is 0 Å². The molecule has 2 aliphatic rings. The fourth-order valence-corrected chi connectivity index (χ4v) is 5.98. The number of hydrogen-bond acceptors (Lipinski definition) is 5. The van der Waals surface area contributed by atoms with Gasteiger partial charge in [0.15, 0.2) is 0 Å². The summed E-state index contributed by atoms with van der Waals surface area (Å²) in [5, 5.41) is 0. The summed E-state index contributed by atoms with van der Waals surface area (Å²) in [6.45, 7) is 2.61. The molecule has 2 aliphatic heterocycles. The third kappa shape index (κ3) is 7.25. The molecule has 5 nitrogen and oxygen atoms in total. The van der Waals surface area contributed by atoms with Gasteiger partial charge in [-0.05, 0) is 67.1 Å². The van der Waals surface area contributed by atoms with E-state index in [1.165, 1.54) is 11.8 Å². The lowest BCUT2D eigenvalue weighted by Gasteiger charge is -2.43. The topological polar surface area (TPSA) is 49.9 Å². The zero-order valence-electron chi connectivity index (χ0n) is 22.8. The molecule has 232 valence electrons. The number of nitrogens with zero attached hydrogens (tertiary/aromatic N) is 2. The maximum atomic E-state index is 15.7. The van der Waals surface area contributed by atoms with Crippen molar-refractivity contribution in [2.24, 2.45) is 0 Å².